The minimum atomic E-state index is 0. The molecule has 0 bridgehead atoms. The van der Waals surface area contributed by atoms with Gasteiger partial charge in [0.2, 0.25) is 5.95 Å². The summed E-state index contributed by atoms with van der Waals surface area (Å²) in [6.45, 7) is 7.40. The summed E-state index contributed by atoms with van der Waals surface area (Å²) in [4.78, 5) is 18.2. The molecule has 0 saturated carbocycles. The molecule has 0 unspecified atom stereocenters. The van der Waals surface area contributed by atoms with Gasteiger partial charge in [0.1, 0.15) is 0 Å². The lowest BCUT2D eigenvalue weighted by atomic mass is 10.0. The number of anilines is 1. The summed E-state index contributed by atoms with van der Waals surface area (Å²) in [5.74, 6) is 1.81. The van der Waals surface area contributed by atoms with Crippen molar-refractivity contribution in [2.24, 2.45) is 4.99 Å². The number of fused-ring (bicyclic) bond motifs is 1. The van der Waals surface area contributed by atoms with Crippen molar-refractivity contribution in [1.29, 1.82) is 0 Å². The summed E-state index contributed by atoms with van der Waals surface area (Å²) < 4.78 is 0. The van der Waals surface area contributed by atoms with Crippen LogP contribution >= 0.6 is 24.0 Å². The quantitative estimate of drug-likeness (QED) is 0.319. The van der Waals surface area contributed by atoms with Crippen LogP contribution in [0.4, 0.5) is 5.95 Å². The second kappa shape index (κ2) is 11.1. The fourth-order valence-corrected chi connectivity index (χ4v) is 3.79. The molecule has 1 aromatic heterocycles. The molecule has 0 radical (unpaired) electrons. The molecule has 1 aliphatic rings. The number of hydrogen-bond acceptors (Lipinski definition) is 4. The third kappa shape index (κ3) is 5.38. The van der Waals surface area contributed by atoms with E-state index in [1.165, 1.54) is 16.3 Å². The lowest BCUT2D eigenvalue weighted by molar-refractivity contribution is 0.370. The fourth-order valence-electron chi connectivity index (χ4n) is 3.79. The lowest BCUT2D eigenvalue weighted by Gasteiger charge is -2.36. The van der Waals surface area contributed by atoms with E-state index in [2.05, 4.69) is 74.5 Å². The third-order valence-corrected chi connectivity index (χ3v) is 5.27. The van der Waals surface area contributed by atoms with Crippen LogP contribution in [0.3, 0.4) is 0 Å². The van der Waals surface area contributed by atoms with Crippen LogP contribution in [0.2, 0.25) is 0 Å². The van der Waals surface area contributed by atoms with E-state index in [1.54, 1.807) is 12.4 Å². The van der Waals surface area contributed by atoms with Crippen LogP contribution in [0, 0.1) is 0 Å². The lowest BCUT2D eigenvalue weighted by Crippen LogP contribution is -2.53. The monoisotopic (exact) mass is 516 g/mol. The first-order valence-corrected chi connectivity index (χ1v) is 10.4. The minimum Gasteiger partial charge on any atom is -0.357 e. The van der Waals surface area contributed by atoms with E-state index >= 15 is 0 Å². The number of piperazine rings is 1. The van der Waals surface area contributed by atoms with Gasteiger partial charge in [-0.1, -0.05) is 42.5 Å². The second-order valence-electron chi connectivity index (χ2n) is 7.15. The molecule has 0 aliphatic carbocycles. The van der Waals surface area contributed by atoms with Gasteiger partial charge in [0, 0.05) is 51.7 Å². The smallest absolute Gasteiger partial charge is 0.225 e. The van der Waals surface area contributed by atoms with Crippen LogP contribution in [-0.4, -0.2) is 60.1 Å². The molecule has 0 amide bonds. The third-order valence-electron chi connectivity index (χ3n) is 5.27. The van der Waals surface area contributed by atoms with Crippen molar-refractivity contribution < 1.29 is 0 Å². The van der Waals surface area contributed by atoms with Gasteiger partial charge in [0.15, 0.2) is 5.96 Å². The molecular weight excluding hydrogens is 487 g/mol. The van der Waals surface area contributed by atoms with Crippen molar-refractivity contribution >= 4 is 46.7 Å². The maximum absolute atomic E-state index is 4.92. The van der Waals surface area contributed by atoms with E-state index in [0.29, 0.717) is 0 Å². The molecule has 0 spiro atoms. The predicted molar refractivity (Wildman–Crippen MR) is 135 cm³/mol. The van der Waals surface area contributed by atoms with Crippen molar-refractivity contribution in [2.45, 2.75) is 13.3 Å². The molecule has 1 saturated heterocycles. The number of nitrogens with one attached hydrogen (secondary N) is 1. The molecule has 2 aromatic carbocycles. The van der Waals surface area contributed by atoms with Gasteiger partial charge in [-0.05, 0) is 35.7 Å². The van der Waals surface area contributed by atoms with Gasteiger partial charge in [0.05, 0.1) is 0 Å². The van der Waals surface area contributed by atoms with Crippen LogP contribution in [0.25, 0.3) is 10.8 Å². The number of aliphatic imine (C=N–C) groups is 1. The molecule has 1 N–H and O–H groups in total. The summed E-state index contributed by atoms with van der Waals surface area (Å²) >= 11 is 0. The van der Waals surface area contributed by atoms with Crippen molar-refractivity contribution in [3.8, 4) is 0 Å². The molecule has 7 heteroatoms. The topological polar surface area (TPSA) is 56.7 Å². The Morgan fingerprint density at radius 2 is 1.70 bits per heavy atom. The van der Waals surface area contributed by atoms with Gasteiger partial charge in [-0.2, -0.15) is 0 Å². The Hall–Kier alpha value is -2.42. The molecule has 4 rings (SSSR count). The Kier molecular flexibility index (Phi) is 8.24. The SMILES string of the molecule is CCNC(=NCCc1cccc2ccccc12)N1CCN(c2ncccn2)CC1.I. The zero-order valence-corrected chi connectivity index (χ0v) is 19.7. The first kappa shape index (κ1) is 22.3. The molecule has 158 valence electrons. The summed E-state index contributed by atoms with van der Waals surface area (Å²) in [6.07, 6.45) is 4.54. The van der Waals surface area contributed by atoms with Gasteiger partial charge in [-0.3, -0.25) is 4.99 Å². The second-order valence-corrected chi connectivity index (χ2v) is 7.15. The highest BCUT2D eigenvalue weighted by molar-refractivity contribution is 14.0. The van der Waals surface area contributed by atoms with Crippen molar-refractivity contribution in [2.75, 3.05) is 44.2 Å². The average Bonchev–Trinajstić information content (AvgIpc) is 2.79. The van der Waals surface area contributed by atoms with Crippen LogP contribution in [-0.2, 0) is 6.42 Å². The summed E-state index contributed by atoms with van der Waals surface area (Å²) in [6, 6.07) is 16.9. The highest BCUT2D eigenvalue weighted by atomic mass is 127. The van der Waals surface area contributed by atoms with Gasteiger partial charge in [-0.15, -0.1) is 24.0 Å². The van der Waals surface area contributed by atoms with Gasteiger partial charge < -0.3 is 15.1 Å². The van der Waals surface area contributed by atoms with Gasteiger partial charge in [-0.25, -0.2) is 9.97 Å². The first-order valence-electron chi connectivity index (χ1n) is 10.4. The Labute approximate surface area is 195 Å². The standard InChI is InChI=1S/C23H28N6.HI/c1-2-24-22(28-15-17-29(18-16-28)23-25-12-6-13-26-23)27-14-11-20-9-5-8-19-7-3-4-10-21(19)20;/h3-10,12-13H,2,11,14-18H2,1H3,(H,24,27);1H. The number of aromatic nitrogens is 2. The fraction of sp³-hybridized carbons (Fsp3) is 0.348. The maximum Gasteiger partial charge on any atom is 0.225 e. The minimum absolute atomic E-state index is 0. The number of hydrogen-bond donors (Lipinski definition) is 1. The van der Waals surface area contributed by atoms with E-state index in [4.69, 9.17) is 4.99 Å². The van der Waals surface area contributed by atoms with E-state index in [0.717, 1.165) is 57.6 Å². The average molecular weight is 516 g/mol. The molecular formula is C23H29IN6. The summed E-state index contributed by atoms with van der Waals surface area (Å²) in [7, 11) is 0. The van der Waals surface area contributed by atoms with Crippen molar-refractivity contribution in [3.63, 3.8) is 0 Å². The molecule has 1 fully saturated rings. The number of nitrogens with zero attached hydrogens (tertiary/aromatic N) is 5. The first-order chi connectivity index (χ1) is 14.3. The Balaban J connectivity index is 0.00000256. The highest BCUT2D eigenvalue weighted by Crippen LogP contribution is 2.19. The van der Waals surface area contributed by atoms with Crippen LogP contribution in [0.1, 0.15) is 12.5 Å². The van der Waals surface area contributed by atoms with Crippen molar-refractivity contribution in [1.82, 2.24) is 20.2 Å². The van der Waals surface area contributed by atoms with E-state index in [1.807, 2.05) is 6.07 Å². The summed E-state index contributed by atoms with van der Waals surface area (Å²) in [5.41, 5.74) is 1.36. The van der Waals surface area contributed by atoms with Crippen LogP contribution in [0.15, 0.2) is 65.9 Å². The largest absolute Gasteiger partial charge is 0.357 e. The zero-order chi connectivity index (χ0) is 19.9. The molecule has 2 heterocycles. The number of rotatable bonds is 5. The van der Waals surface area contributed by atoms with Gasteiger partial charge >= 0.3 is 0 Å². The molecule has 6 nitrogen and oxygen atoms in total. The normalized spacial score (nSPS) is 14.5. The maximum atomic E-state index is 4.92. The molecule has 3 aromatic rings. The molecule has 0 atom stereocenters. The number of halogens is 1. The molecule has 1 aliphatic heterocycles. The van der Waals surface area contributed by atoms with E-state index in [9.17, 15) is 0 Å². The zero-order valence-electron chi connectivity index (χ0n) is 17.4. The number of benzene rings is 2. The predicted octanol–water partition coefficient (Wildman–Crippen LogP) is 3.58. The Morgan fingerprint density at radius 3 is 2.47 bits per heavy atom. The van der Waals surface area contributed by atoms with E-state index < -0.39 is 0 Å². The van der Waals surface area contributed by atoms with Gasteiger partial charge in [0.25, 0.3) is 0 Å². The Bertz CT molecular complexity index is 949. The van der Waals surface area contributed by atoms with Crippen LogP contribution < -0.4 is 10.2 Å². The molecule has 30 heavy (non-hydrogen) atoms. The number of guanidine groups is 1. The van der Waals surface area contributed by atoms with Crippen LogP contribution in [0.5, 0.6) is 0 Å². The Morgan fingerprint density at radius 1 is 0.967 bits per heavy atom. The highest BCUT2D eigenvalue weighted by Gasteiger charge is 2.20. The van der Waals surface area contributed by atoms with Crippen molar-refractivity contribution in [3.05, 3.63) is 66.5 Å². The summed E-state index contributed by atoms with van der Waals surface area (Å²) in [5, 5.41) is 6.07. The van der Waals surface area contributed by atoms with E-state index in [-0.39, 0.29) is 24.0 Å².